The lowest BCUT2D eigenvalue weighted by molar-refractivity contribution is -0.141. The molecule has 0 saturated heterocycles. The Hall–Kier alpha value is -1.38. The van der Waals surface area contributed by atoms with Crippen LogP contribution in [-0.4, -0.2) is 29.0 Å². The molecule has 2 atom stereocenters. The number of ether oxygens (including phenoxy) is 2. The fourth-order valence-electron chi connectivity index (χ4n) is 2.07. The summed E-state index contributed by atoms with van der Waals surface area (Å²) in [5, 5.41) is 0. The molecule has 0 heterocycles. The summed E-state index contributed by atoms with van der Waals surface area (Å²) in [5.74, 6) is -0.451. The number of aryl methyl sites for hydroxylation is 1. The Bertz CT molecular complexity index is 578. The average molecular weight is 377 g/mol. The number of methoxy groups -OCH3 is 1. The first-order valence-corrected chi connectivity index (χ1v) is 9.06. The third kappa shape index (κ3) is 6.80. The van der Waals surface area contributed by atoms with Gasteiger partial charge in [0.15, 0.2) is 0 Å². The smallest absolute Gasteiger partial charge is 0.387 e. The highest BCUT2D eigenvalue weighted by Gasteiger charge is 2.31. The molecular formula is C17H25F2NO4S. The first-order chi connectivity index (χ1) is 11.6. The van der Waals surface area contributed by atoms with E-state index in [1.807, 2.05) is 6.92 Å². The minimum atomic E-state index is -2.95. The Balaban J connectivity index is 3.17. The maximum Gasteiger partial charge on any atom is 0.387 e. The zero-order valence-electron chi connectivity index (χ0n) is 15.1. The van der Waals surface area contributed by atoms with Gasteiger partial charge in [-0.15, -0.1) is 4.72 Å². The summed E-state index contributed by atoms with van der Waals surface area (Å²) in [4.78, 5) is 11.7. The Morgan fingerprint density at radius 2 is 2.00 bits per heavy atom. The summed E-state index contributed by atoms with van der Waals surface area (Å²) in [6.07, 6.45) is 0.434. The Labute approximate surface area is 150 Å². The van der Waals surface area contributed by atoms with E-state index >= 15 is 0 Å². The monoisotopic (exact) mass is 377 g/mol. The highest BCUT2D eigenvalue weighted by atomic mass is 32.2. The lowest BCUT2D eigenvalue weighted by Gasteiger charge is -2.28. The molecule has 1 N–H and O–H groups in total. The van der Waals surface area contributed by atoms with E-state index < -0.39 is 34.7 Å². The van der Waals surface area contributed by atoms with Crippen molar-refractivity contribution in [3.8, 4) is 5.75 Å². The lowest BCUT2D eigenvalue weighted by atomic mass is 10.0. The molecule has 0 unspecified atom stereocenters. The van der Waals surface area contributed by atoms with E-state index in [0.717, 1.165) is 0 Å². The molecule has 0 fully saturated rings. The van der Waals surface area contributed by atoms with Crippen molar-refractivity contribution in [2.24, 2.45) is 0 Å². The quantitative estimate of drug-likeness (QED) is 0.555. The SMILES string of the molecule is CCc1ccc([C@H](CC(=O)OC)N[S@+]([O-])C(C)(C)C)cc1OC(F)F. The first kappa shape index (κ1) is 21.7. The van der Waals surface area contributed by atoms with Crippen molar-refractivity contribution < 1.29 is 27.6 Å². The fourth-order valence-corrected chi connectivity index (χ4v) is 2.90. The van der Waals surface area contributed by atoms with Gasteiger partial charge in [0, 0.05) is 11.4 Å². The van der Waals surface area contributed by atoms with Crippen LogP contribution in [0.25, 0.3) is 0 Å². The molecule has 142 valence electrons. The Kier molecular flexibility index (Phi) is 8.11. The van der Waals surface area contributed by atoms with Crippen LogP contribution in [0.1, 0.15) is 51.3 Å². The normalized spacial score (nSPS) is 14.3. The highest BCUT2D eigenvalue weighted by molar-refractivity contribution is 7.90. The molecule has 25 heavy (non-hydrogen) atoms. The maximum atomic E-state index is 12.6. The highest BCUT2D eigenvalue weighted by Crippen LogP contribution is 2.29. The standard InChI is InChI=1S/C17H25F2NO4S/c1-6-11-7-8-12(9-14(11)24-16(18)19)13(10-15(21)23-5)20-25(22)17(2,3)4/h7-9,13,16,20H,6,10H2,1-5H3/t13-,25+/m0/s1. The summed E-state index contributed by atoms with van der Waals surface area (Å²) >= 11 is -1.46. The van der Waals surface area contributed by atoms with Crippen LogP contribution < -0.4 is 9.46 Å². The topological polar surface area (TPSA) is 70.6 Å². The van der Waals surface area contributed by atoms with Gasteiger partial charge in [-0.2, -0.15) is 8.78 Å². The van der Waals surface area contributed by atoms with Crippen molar-refractivity contribution in [3.05, 3.63) is 29.3 Å². The van der Waals surface area contributed by atoms with E-state index in [4.69, 9.17) is 0 Å². The van der Waals surface area contributed by atoms with E-state index in [2.05, 4.69) is 14.2 Å². The van der Waals surface area contributed by atoms with Gasteiger partial charge in [0.05, 0.1) is 19.6 Å². The van der Waals surface area contributed by atoms with E-state index in [1.165, 1.54) is 13.2 Å². The number of alkyl halides is 2. The molecule has 0 aliphatic rings. The average Bonchev–Trinajstić information content (AvgIpc) is 2.52. The fraction of sp³-hybridized carbons (Fsp3) is 0.588. The van der Waals surface area contributed by atoms with Crippen molar-refractivity contribution in [2.45, 2.75) is 57.9 Å². The summed E-state index contributed by atoms with van der Waals surface area (Å²) < 4.78 is 49.3. The van der Waals surface area contributed by atoms with E-state index in [0.29, 0.717) is 17.5 Å². The maximum absolute atomic E-state index is 12.6. The van der Waals surface area contributed by atoms with Crippen LogP contribution in [0.4, 0.5) is 8.78 Å². The molecule has 8 heteroatoms. The lowest BCUT2D eigenvalue weighted by Crippen LogP contribution is -2.41. The van der Waals surface area contributed by atoms with Gasteiger partial charge in [0.1, 0.15) is 10.5 Å². The van der Waals surface area contributed by atoms with E-state index in [9.17, 15) is 18.1 Å². The number of carbonyl (C=O) groups excluding carboxylic acids is 1. The number of carbonyl (C=O) groups is 1. The summed E-state index contributed by atoms with van der Waals surface area (Å²) in [6.45, 7) is 4.24. The van der Waals surface area contributed by atoms with E-state index in [-0.39, 0.29) is 12.2 Å². The molecule has 0 saturated carbocycles. The van der Waals surface area contributed by atoms with Crippen LogP contribution in [0, 0.1) is 0 Å². The van der Waals surface area contributed by atoms with Crippen LogP contribution in [0.3, 0.4) is 0 Å². The molecule has 0 spiro atoms. The van der Waals surface area contributed by atoms with Crippen molar-refractivity contribution in [2.75, 3.05) is 7.11 Å². The van der Waals surface area contributed by atoms with Crippen LogP contribution in [-0.2, 0) is 27.3 Å². The number of hydrogen-bond acceptors (Lipinski definition) is 5. The second-order valence-corrected chi connectivity index (χ2v) is 8.43. The minimum absolute atomic E-state index is 0.0493. The number of hydrogen-bond donors (Lipinski definition) is 1. The number of halogens is 2. The predicted molar refractivity (Wildman–Crippen MR) is 92.9 cm³/mol. The van der Waals surface area contributed by atoms with E-state index in [1.54, 1.807) is 32.9 Å². The molecule has 5 nitrogen and oxygen atoms in total. The number of rotatable bonds is 8. The minimum Gasteiger partial charge on any atom is -0.598 e. The van der Waals surface area contributed by atoms with Gasteiger partial charge in [-0.1, -0.05) is 19.1 Å². The zero-order chi connectivity index (χ0) is 19.2. The summed E-state index contributed by atoms with van der Waals surface area (Å²) in [7, 11) is 1.26. The van der Waals surface area contributed by atoms with Crippen LogP contribution in [0.5, 0.6) is 5.75 Å². The van der Waals surface area contributed by atoms with Crippen molar-refractivity contribution >= 4 is 17.3 Å². The van der Waals surface area contributed by atoms with Crippen LogP contribution in [0.2, 0.25) is 0 Å². The van der Waals surface area contributed by atoms with Gasteiger partial charge in [0.25, 0.3) is 0 Å². The molecule has 0 aliphatic carbocycles. The molecule has 0 aromatic heterocycles. The first-order valence-electron chi connectivity index (χ1n) is 7.91. The Morgan fingerprint density at radius 1 is 1.36 bits per heavy atom. The largest absolute Gasteiger partial charge is 0.598 e. The molecule has 1 aromatic rings. The molecule has 0 amide bonds. The second kappa shape index (κ2) is 9.35. The molecule has 0 radical (unpaired) electrons. The third-order valence-corrected chi connectivity index (χ3v) is 5.11. The van der Waals surface area contributed by atoms with Crippen molar-refractivity contribution in [1.82, 2.24) is 4.72 Å². The van der Waals surface area contributed by atoms with Gasteiger partial charge < -0.3 is 14.0 Å². The predicted octanol–water partition coefficient (Wildman–Crippen LogP) is 3.51. The summed E-state index contributed by atoms with van der Waals surface area (Å²) in [5.41, 5.74) is 1.15. The van der Waals surface area contributed by atoms with Crippen molar-refractivity contribution in [1.29, 1.82) is 0 Å². The number of nitrogens with one attached hydrogen (secondary N) is 1. The van der Waals surface area contributed by atoms with Gasteiger partial charge >= 0.3 is 12.6 Å². The number of esters is 1. The molecular weight excluding hydrogens is 352 g/mol. The Morgan fingerprint density at radius 3 is 2.48 bits per heavy atom. The van der Waals surface area contributed by atoms with Gasteiger partial charge in [-0.25, -0.2) is 0 Å². The zero-order valence-corrected chi connectivity index (χ0v) is 15.9. The van der Waals surface area contributed by atoms with Gasteiger partial charge in [-0.05, 0) is 44.4 Å². The second-order valence-electron chi connectivity index (χ2n) is 6.43. The molecule has 0 aliphatic heterocycles. The molecule has 1 aromatic carbocycles. The summed E-state index contributed by atoms with van der Waals surface area (Å²) in [6, 6.07) is 4.17. The van der Waals surface area contributed by atoms with Gasteiger partial charge in [-0.3, -0.25) is 4.79 Å². The van der Waals surface area contributed by atoms with Gasteiger partial charge in [0.2, 0.25) is 0 Å². The van der Waals surface area contributed by atoms with Crippen LogP contribution in [0.15, 0.2) is 18.2 Å². The molecule has 1 rings (SSSR count). The number of benzene rings is 1. The van der Waals surface area contributed by atoms with Crippen LogP contribution >= 0.6 is 0 Å². The molecule has 0 bridgehead atoms. The third-order valence-electron chi connectivity index (χ3n) is 3.49. The van der Waals surface area contributed by atoms with Crippen molar-refractivity contribution in [3.63, 3.8) is 0 Å².